The fourth-order valence-corrected chi connectivity index (χ4v) is 2.11. The molecule has 6 heteroatoms. The SMILES string of the molecule is CCc1cc(F)ccc1Nc1cc(F)c(Cl)cc1C(=O)O. The molecule has 2 aromatic carbocycles. The fourth-order valence-electron chi connectivity index (χ4n) is 1.95. The average molecular weight is 312 g/mol. The highest BCUT2D eigenvalue weighted by Crippen LogP contribution is 2.29. The summed E-state index contributed by atoms with van der Waals surface area (Å²) >= 11 is 5.60. The fraction of sp³-hybridized carbons (Fsp3) is 0.133. The number of anilines is 2. The molecule has 110 valence electrons. The summed E-state index contributed by atoms with van der Waals surface area (Å²) in [6, 6.07) is 6.11. The number of nitrogens with one attached hydrogen (secondary N) is 1. The second kappa shape index (κ2) is 6.10. The van der Waals surface area contributed by atoms with E-state index in [0.29, 0.717) is 17.7 Å². The van der Waals surface area contributed by atoms with Gasteiger partial charge in [-0.1, -0.05) is 18.5 Å². The summed E-state index contributed by atoms with van der Waals surface area (Å²) in [6.45, 7) is 1.83. The molecule has 0 aliphatic heterocycles. The number of rotatable bonds is 4. The van der Waals surface area contributed by atoms with Crippen LogP contribution in [0.2, 0.25) is 5.02 Å². The molecule has 0 saturated carbocycles. The molecule has 0 aliphatic carbocycles. The van der Waals surface area contributed by atoms with Gasteiger partial charge >= 0.3 is 5.97 Å². The zero-order chi connectivity index (χ0) is 15.6. The van der Waals surface area contributed by atoms with Crippen molar-refractivity contribution < 1.29 is 18.7 Å². The molecule has 0 bridgehead atoms. The Hall–Kier alpha value is -2.14. The Labute approximate surface area is 125 Å². The van der Waals surface area contributed by atoms with Crippen molar-refractivity contribution in [3.8, 4) is 0 Å². The second-order valence-electron chi connectivity index (χ2n) is 4.40. The summed E-state index contributed by atoms with van der Waals surface area (Å²) in [6.07, 6.45) is 0.540. The number of carboxylic acid groups (broad SMARTS) is 1. The second-order valence-corrected chi connectivity index (χ2v) is 4.80. The van der Waals surface area contributed by atoms with E-state index in [-0.39, 0.29) is 16.3 Å². The van der Waals surface area contributed by atoms with Crippen LogP contribution in [-0.2, 0) is 6.42 Å². The van der Waals surface area contributed by atoms with Crippen LogP contribution in [0.5, 0.6) is 0 Å². The van der Waals surface area contributed by atoms with Gasteiger partial charge < -0.3 is 10.4 Å². The van der Waals surface area contributed by atoms with Gasteiger partial charge in [0.15, 0.2) is 0 Å². The first-order valence-corrected chi connectivity index (χ1v) is 6.58. The lowest BCUT2D eigenvalue weighted by Gasteiger charge is -2.14. The van der Waals surface area contributed by atoms with Gasteiger partial charge in [-0.25, -0.2) is 13.6 Å². The molecule has 3 nitrogen and oxygen atoms in total. The molecule has 0 saturated heterocycles. The number of hydrogen-bond donors (Lipinski definition) is 2. The van der Waals surface area contributed by atoms with E-state index in [9.17, 15) is 13.6 Å². The average Bonchev–Trinajstić information content (AvgIpc) is 2.44. The number of hydrogen-bond acceptors (Lipinski definition) is 2. The molecule has 0 fully saturated rings. The normalized spacial score (nSPS) is 10.5. The predicted molar refractivity (Wildman–Crippen MR) is 77.4 cm³/mol. The first-order valence-electron chi connectivity index (χ1n) is 6.20. The summed E-state index contributed by atoms with van der Waals surface area (Å²) in [5.41, 5.74) is 1.07. The third kappa shape index (κ3) is 3.31. The molecule has 0 spiro atoms. The minimum Gasteiger partial charge on any atom is -0.478 e. The molecule has 21 heavy (non-hydrogen) atoms. The van der Waals surface area contributed by atoms with Crippen LogP contribution < -0.4 is 5.32 Å². The first-order chi connectivity index (χ1) is 9.92. The Morgan fingerprint density at radius 3 is 2.57 bits per heavy atom. The summed E-state index contributed by atoms with van der Waals surface area (Å²) in [5.74, 6) is -2.36. The van der Waals surface area contributed by atoms with Crippen molar-refractivity contribution in [1.82, 2.24) is 0 Å². The Morgan fingerprint density at radius 1 is 1.24 bits per heavy atom. The van der Waals surface area contributed by atoms with E-state index >= 15 is 0 Å². The lowest BCUT2D eigenvalue weighted by atomic mass is 10.1. The van der Waals surface area contributed by atoms with Crippen LogP contribution in [0.3, 0.4) is 0 Å². The van der Waals surface area contributed by atoms with Gasteiger partial charge in [0.05, 0.1) is 16.3 Å². The Kier molecular flexibility index (Phi) is 4.43. The summed E-state index contributed by atoms with van der Waals surface area (Å²) in [7, 11) is 0. The summed E-state index contributed by atoms with van der Waals surface area (Å²) in [5, 5.41) is 11.7. The molecule has 2 aromatic rings. The van der Waals surface area contributed by atoms with Crippen molar-refractivity contribution in [3.05, 3.63) is 58.1 Å². The molecule has 2 N–H and O–H groups in total. The highest BCUT2D eigenvalue weighted by atomic mass is 35.5. The number of carboxylic acids is 1. The molecular formula is C15H12ClF2NO2. The maximum atomic E-state index is 13.5. The minimum absolute atomic E-state index is 0.0608. The van der Waals surface area contributed by atoms with E-state index < -0.39 is 17.6 Å². The van der Waals surface area contributed by atoms with E-state index in [0.717, 1.165) is 12.1 Å². The predicted octanol–water partition coefficient (Wildman–Crippen LogP) is 4.62. The highest BCUT2D eigenvalue weighted by Gasteiger charge is 2.15. The van der Waals surface area contributed by atoms with Crippen LogP contribution in [0.25, 0.3) is 0 Å². The maximum Gasteiger partial charge on any atom is 0.337 e. The maximum absolute atomic E-state index is 13.5. The monoisotopic (exact) mass is 311 g/mol. The molecule has 0 atom stereocenters. The van der Waals surface area contributed by atoms with Gasteiger partial charge in [-0.2, -0.15) is 0 Å². The van der Waals surface area contributed by atoms with Gasteiger partial charge in [-0.15, -0.1) is 0 Å². The number of halogens is 3. The summed E-state index contributed by atoms with van der Waals surface area (Å²) in [4.78, 5) is 11.2. The van der Waals surface area contributed by atoms with Crippen LogP contribution in [0.4, 0.5) is 20.2 Å². The van der Waals surface area contributed by atoms with Gasteiger partial charge in [0.1, 0.15) is 11.6 Å². The van der Waals surface area contributed by atoms with Gasteiger partial charge in [0.2, 0.25) is 0 Å². The zero-order valence-electron chi connectivity index (χ0n) is 11.1. The number of benzene rings is 2. The van der Waals surface area contributed by atoms with Crippen molar-refractivity contribution in [2.24, 2.45) is 0 Å². The van der Waals surface area contributed by atoms with E-state index in [2.05, 4.69) is 5.32 Å². The Balaban J connectivity index is 2.48. The topological polar surface area (TPSA) is 49.3 Å². The van der Waals surface area contributed by atoms with E-state index in [1.807, 2.05) is 6.92 Å². The molecule has 0 unspecified atom stereocenters. The molecule has 0 heterocycles. The third-order valence-corrected chi connectivity index (χ3v) is 3.30. The van der Waals surface area contributed by atoms with Gasteiger partial charge in [-0.05, 0) is 42.3 Å². The van der Waals surface area contributed by atoms with E-state index in [4.69, 9.17) is 16.7 Å². The highest BCUT2D eigenvalue weighted by molar-refractivity contribution is 6.31. The number of aromatic carboxylic acids is 1. The van der Waals surface area contributed by atoms with Gasteiger partial charge in [-0.3, -0.25) is 0 Å². The van der Waals surface area contributed by atoms with Crippen molar-refractivity contribution in [2.45, 2.75) is 13.3 Å². The molecule has 2 rings (SSSR count). The lowest BCUT2D eigenvalue weighted by molar-refractivity contribution is 0.0698. The Bertz CT molecular complexity index is 704. The quantitative estimate of drug-likeness (QED) is 0.866. The third-order valence-electron chi connectivity index (χ3n) is 3.01. The Morgan fingerprint density at radius 2 is 1.95 bits per heavy atom. The molecule has 0 aromatic heterocycles. The van der Waals surface area contributed by atoms with Crippen LogP contribution >= 0.6 is 11.6 Å². The largest absolute Gasteiger partial charge is 0.478 e. The lowest BCUT2D eigenvalue weighted by Crippen LogP contribution is -2.05. The number of carbonyl (C=O) groups is 1. The molecule has 0 aliphatic rings. The van der Waals surface area contributed by atoms with Crippen molar-refractivity contribution in [1.29, 1.82) is 0 Å². The van der Waals surface area contributed by atoms with Crippen LogP contribution in [0.15, 0.2) is 30.3 Å². The molecular weight excluding hydrogens is 300 g/mol. The molecule has 0 amide bonds. The standard InChI is InChI=1S/C15H12ClF2NO2/c1-2-8-5-9(17)3-4-13(8)19-14-7-12(18)11(16)6-10(14)15(20)21/h3-7,19H,2H2,1H3,(H,20,21). The van der Waals surface area contributed by atoms with Crippen molar-refractivity contribution in [2.75, 3.05) is 5.32 Å². The first kappa shape index (κ1) is 15.3. The van der Waals surface area contributed by atoms with E-state index in [1.54, 1.807) is 0 Å². The van der Waals surface area contributed by atoms with Crippen LogP contribution in [0.1, 0.15) is 22.8 Å². The summed E-state index contributed by atoms with van der Waals surface area (Å²) < 4.78 is 26.7. The van der Waals surface area contributed by atoms with Gasteiger partial charge in [0, 0.05) is 5.69 Å². The van der Waals surface area contributed by atoms with Crippen LogP contribution in [0, 0.1) is 11.6 Å². The van der Waals surface area contributed by atoms with Gasteiger partial charge in [0.25, 0.3) is 0 Å². The van der Waals surface area contributed by atoms with Crippen LogP contribution in [-0.4, -0.2) is 11.1 Å². The molecule has 0 radical (unpaired) electrons. The van der Waals surface area contributed by atoms with E-state index in [1.165, 1.54) is 18.2 Å². The zero-order valence-corrected chi connectivity index (χ0v) is 11.8. The van der Waals surface area contributed by atoms with Crippen molar-refractivity contribution in [3.63, 3.8) is 0 Å². The minimum atomic E-state index is -1.24. The van der Waals surface area contributed by atoms with Crippen molar-refractivity contribution >= 4 is 28.9 Å². The number of aryl methyl sites for hydroxylation is 1. The smallest absolute Gasteiger partial charge is 0.337 e.